The van der Waals surface area contributed by atoms with Crippen molar-refractivity contribution >= 4 is 11.9 Å². The Hall–Kier alpha value is -1.66. The molecule has 0 aliphatic carbocycles. The molecule has 0 aromatic rings. The van der Waals surface area contributed by atoms with E-state index in [1.165, 1.54) is 347 Å². The van der Waals surface area contributed by atoms with Gasteiger partial charge in [0.2, 0.25) is 5.91 Å². The number of aliphatic hydroxyl groups excluding tert-OH is 2. The van der Waals surface area contributed by atoms with Crippen LogP contribution >= 0.6 is 0 Å². The minimum absolute atomic E-state index is 0.0165. The fourth-order valence-corrected chi connectivity index (χ4v) is 11.6. The van der Waals surface area contributed by atoms with Crippen LogP contribution in [-0.2, 0) is 14.3 Å². The zero-order valence-corrected chi connectivity index (χ0v) is 54.3. The number of ether oxygens (including phenoxy) is 1. The first kappa shape index (κ1) is 78.3. The van der Waals surface area contributed by atoms with E-state index in [1.807, 2.05) is 6.08 Å². The second kappa shape index (κ2) is 69.8. The zero-order chi connectivity index (χ0) is 57.8. The summed E-state index contributed by atoms with van der Waals surface area (Å²) in [5.41, 5.74) is 0. The molecule has 0 aliphatic rings. The van der Waals surface area contributed by atoms with Crippen LogP contribution in [0.25, 0.3) is 0 Å². The highest BCUT2D eigenvalue weighted by Gasteiger charge is 2.18. The Morgan fingerprint density at radius 2 is 0.588 bits per heavy atom. The summed E-state index contributed by atoms with van der Waals surface area (Å²) in [6.45, 7) is 4.94. The average Bonchev–Trinajstić information content (AvgIpc) is 3.46. The minimum Gasteiger partial charge on any atom is -0.466 e. The van der Waals surface area contributed by atoms with Crippen molar-refractivity contribution in [2.75, 3.05) is 13.2 Å². The Kier molecular flexibility index (Phi) is 68.4. The topological polar surface area (TPSA) is 95.9 Å². The zero-order valence-electron chi connectivity index (χ0n) is 54.3. The quantitative estimate of drug-likeness (QED) is 0.0320. The number of aliphatic hydroxyl groups is 2. The third-order valence-electron chi connectivity index (χ3n) is 17.2. The average molecular weight is 1130 g/mol. The van der Waals surface area contributed by atoms with E-state index in [0.717, 1.165) is 38.5 Å². The van der Waals surface area contributed by atoms with Gasteiger partial charge in [0, 0.05) is 12.8 Å². The number of rotatable bonds is 69. The first-order chi connectivity index (χ1) is 39.5. The number of hydrogen-bond donors (Lipinski definition) is 3. The SMILES string of the molecule is CCCCCCCC/C=C\CCCCCCCCCCCC(=O)OCCCCCCCCCCCCCCCCCCCCCCCCCCCC(=O)NC(CO)C(O)/C=C/CCCCCCCCCCCCCCCCCCC. The number of amides is 1. The number of hydrogen-bond acceptors (Lipinski definition) is 5. The number of nitrogens with one attached hydrogen (secondary N) is 1. The van der Waals surface area contributed by atoms with E-state index < -0.39 is 12.1 Å². The van der Waals surface area contributed by atoms with E-state index >= 15 is 0 Å². The van der Waals surface area contributed by atoms with E-state index in [9.17, 15) is 19.8 Å². The van der Waals surface area contributed by atoms with Gasteiger partial charge in [-0.05, 0) is 57.8 Å². The number of unbranched alkanes of at least 4 members (excludes halogenated alkanes) is 56. The van der Waals surface area contributed by atoms with Crippen LogP contribution in [0, 0.1) is 0 Å². The molecule has 0 aromatic heterocycles. The molecule has 2 unspecified atom stereocenters. The predicted molar refractivity (Wildman–Crippen MR) is 352 cm³/mol. The summed E-state index contributed by atoms with van der Waals surface area (Å²) in [4.78, 5) is 24.6. The van der Waals surface area contributed by atoms with Crippen molar-refractivity contribution in [3.8, 4) is 0 Å². The summed E-state index contributed by atoms with van der Waals surface area (Å²) in [6.07, 6.45) is 88.3. The van der Waals surface area contributed by atoms with Gasteiger partial charge in [0.1, 0.15) is 0 Å². The number of carbonyl (C=O) groups is 2. The Balaban J connectivity index is 3.37. The first-order valence-electron chi connectivity index (χ1n) is 36.6. The lowest BCUT2D eigenvalue weighted by Crippen LogP contribution is -2.45. The van der Waals surface area contributed by atoms with Crippen LogP contribution in [0.4, 0.5) is 0 Å². The van der Waals surface area contributed by atoms with Crippen molar-refractivity contribution in [3.63, 3.8) is 0 Å². The summed E-state index contributed by atoms with van der Waals surface area (Å²) in [5.74, 6) is -0.0458. The van der Waals surface area contributed by atoms with E-state index in [4.69, 9.17) is 4.74 Å². The molecule has 0 radical (unpaired) electrons. The number of carbonyl (C=O) groups excluding carboxylic acids is 2. The molecule has 0 rings (SSSR count). The highest BCUT2D eigenvalue weighted by Crippen LogP contribution is 2.19. The van der Waals surface area contributed by atoms with Gasteiger partial charge in [-0.15, -0.1) is 0 Å². The van der Waals surface area contributed by atoms with Crippen molar-refractivity contribution in [3.05, 3.63) is 24.3 Å². The van der Waals surface area contributed by atoms with Gasteiger partial charge in [-0.2, -0.15) is 0 Å². The van der Waals surface area contributed by atoms with Crippen LogP contribution in [-0.4, -0.2) is 47.4 Å². The lowest BCUT2D eigenvalue weighted by Gasteiger charge is -2.20. The van der Waals surface area contributed by atoms with Crippen LogP contribution in [0.1, 0.15) is 412 Å². The fourth-order valence-electron chi connectivity index (χ4n) is 11.6. The van der Waals surface area contributed by atoms with Crippen molar-refractivity contribution in [1.29, 1.82) is 0 Å². The van der Waals surface area contributed by atoms with E-state index in [1.54, 1.807) is 6.08 Å². The molecular formula is C74H143NO5. The lowest BCUT2D eigenvalue weighted by atomic mass is 10.0. The van der Waals surface area contributed by atoms with Gasteiger partial charge in [-0.3, -0.25) is 9.59 Å². The van der Waals surface area contributed by atoms with Crippen molar-refractivity contribution < 1.29 is 24.5 Å². The summed E-state index contributed by atoms with van der Waals surface area (Å²) in [5, 5.41) is 23.2. The smallest absolute Gasteiger partial charge is 0.305 e. The van der Waals surface area contributed by atoms with Gasteiger partial charge in [0.15, 0.2) is 0 Å². The Morgan fingerprint density at radius 1 is 0.338 bits per heavy atom. The highest BCUT2D eigenvalue weighted by molar-refractivity contribution is 5.76. The number of esters is 1. The maximum atomic E-state index is 12.5. The molecule has 0 fully saturated rings. The predicted octanol–water partition coefficient (Wildman–Crippen LogP) is 23.7. The molecule has 3 N–H and O–H groups in total. The monoisotopic (exact) mass is 1130 g/mol. The normalized spacial score (nSPS) is 12.6. The largest absolute Gasteiger partial charge is 0.466 e. The molecule has 0 spiro atoms. The standard InChI is InChI=1S/C74H143NO5/c1-3-5-7-9-11-13-15-17-19-21-30-34-38-42-46-50-54-58-62-66-72(77)71(70-76)75-73(78)67-63-59-55-51-47-43-39-35-32-28-26-24-23-25-27-29-33-37-41-45-49-53-57-61-65-69-80-74(79)68-64-60-56-52-48-44-40-36-31-22-20-18-16-14-12-10-8-6-4-2/h18,20,62,66,71-72,76-77H,3-17,19,21-61,63-65,67-70H2,1-2H3,(H,75,78)/b20-18-,66-62+. The van der Waals surface area contributed by atoms with E-state index in [0.29, 0.717) is 19.4 Å². The summed E-state index contributed by atoms with van der Waals surface area (Å²) < 4.78 is 5.51. The maximum Gasteiger partial charge on any atom is 0.305 e. The van der Waals surface area contributed by atoms with E-state index in [2.05, 4.69) is 31.3 Å². The molecule has 474 valence electrons. The highest BCUT2D eigenvalue weighted by atomic mass is 16.5. The summed E-state index contributed by atoms with van der Waals surface area (Å²) >= 11 is 0. The van der Waals surface area contributed by atoms with Crippen molar-refractivity contribution in [2.24, 2.45) is 0 Å². The molecule has 6 heteroatoms. The molecule has 0 bridgehead atoms. The van der Waals surface area contributed by atoms with Gasteiger partial charge in [0.25, 0.3) is 0 Å². The van der Waals surface area contributed by atoms with Crippen LogP contribution in [0.15, 0.2) is 24.3 Å². The van der Waals surface area contributed by atoms with Crippen LogP contribution in [0.3, 0.4) is 0 Å². The molecule has 80 heavy (non-hydrogen) atoms. The Bertz CT molecular complexity index is 1250. The Labute approximate surface area is 501 Å². The van der Waals surface area contributed by atoms with Crippen LogP contribution in [0.5, 0.6) is 0 Å². The molecule has 0 saturated carbocycles. The molecule has 1 amide bonds. The summed E-state index contributed by atoms with van der Waals surface area (Å²) in [6, 6.07) is -0.627. The lowest BCUT2D eigenvalue weighted by molar-refractivity contribution is -0.143. The number of allylic oxidation sites excluding steroid dienone is 3. The molecule has 0 saturated heterocycles. The van der Waals surface area contributed by atoms with Gasteiger partial charge in [0.05, 0.1) is 25.4 Å². The van der Waals surface area contributed by atoms with Crippen LogP contribution < -0.4 is 5.32 Å². The van der Waals surface area contributed by atoms with Gasteiger partial charge in [-0.25, -0.2) is 0 Å². The van der Waals surface area contributed by atoms with Crippen LogP contribution in [0.2, 0.25) is 0 Å². The summed E-state index contributed by atoms with van der Waals surface area (Å²) in [7, 11) is 0. The fraction of sp³-hybridized carbons (Fsp3) is 0.919. The molecule has 0 aliphatic heterocycles. The molecule has 0 aromatic carbocycles. The Morgan fingerprint density at radius 3 is 0.887 bits per heavy atom. The molecular weight excluding hydrogens is 983 g/mol. The second-order valence-corrected chi connectivity index (χ2v) is 25.3. The van der Waals surface area contributed by atoms with Gasteiger partial charge in [-0.1, -0.05) is 366 Å². The van der Waals surface area contributed by atoms with Gasteiger partial charge >= 0.3 is 5.97 Å². The second-order valence-electron chi connectivity index (χ2n) is 25.3. The maximum absolute atomic E-state index is 12.5. The molecule has 6 nitrogen and oxygen atoms in total. The minimum atomic E-state index is -0.844. The first-order valence-corrected chi connectivity index (χ1v) is 36.6. The van der Waals surface area contributed by atoms with Crippen molar-refractivity contribution in [1.82, 2.24) is 5.32 Å². The third-order valence-corrected chi connectivity index (χ3v) is 17.2. The van der Waals surface area contributed by atoms with Crippen molar-refractivity contribution in [2.45, 2.75) is 424 Å². The van der Waals surface area contributed by atoms with E-state index in [-0.39, 0.29) is 18.5 Å². The van der Waals surface area contributed by atoms with Gasteiger partial charge < -0.3 is 20.3 Å². The molecule has 2 atom stereocenters. The molecule has 0 heterocycles. The third kappa shape index (κ3) is 65.5.